The van der Waals surface area contributed by atoms with Crippen LogP contribution < -0.4 is 10.6 Å². The summed E-state index contributed by atoms with van der Waals surface area (Å²) in [6, 6.07) is 6.24. The highest BCUT2D eigenvalue weighted by molar-refractivity contribution is 9.10. The Morgan fingerprint density at radius 1 is 1.27 bits per heavy atom. The molecule has 2 aliphatic rings. The topological polar surface area (TPSA) is 24.1 Å². The van der Waals surface area contributed by atoms with Crippen LogP contribution >= 0.6 is 15.9 Å². The highest BCUT2D eigenvalue weighted by Gasteiger charge is 2.46. The van der Waals surface area contributed by atoms with Crippen LogP contribution in [0.1, 0.15) is 12.8 Å². The standard InChI is InChI=1S/C12H13BrN2/c1-8-12(4-5-12)7-14-11-6-9(13)2-3-10(11)15-8/h2-3,6,14-15H,1,4-5,7H2. The summed E-state index contributed by atoms with van der Waals surface area (Å²) in [6.45, 7) is 5.15. The summed E-state index contributed by atoms with van der Waals surface area (Å²) in [7, 11) is 0. The van der Waals surface area contributed by atoms with Gasteiger partial charge >= 0.3 is 0 Å². The number of halogens is 1. The van der Waals surface area contributed by atoms with Gasteiger partial charge in [0.1, 0.15) is 0 Å². The van der Waals surface area contributed by atoms with Gasteiger partial charge < -0.3 is 10.6 Å². The largest absolute Gasteiger partial charge is 0.382 e. The van der Waals surface area contributed by atoms with E-state index < -0.39 is 0 Å². The van der Waals surface area contributed by atoms with Gasteiger partial charge in [-0.15, -0.1) is 0 Å². The molecule has 0 unspecified atom stereocenters. The first-order chi connectivity index (χ1) is 7.20. The Labute approximate surface area is 97.9 Å². The van der Waals surface area contributed by atoms with E-state index in [4.69, 9.17) is 0 Å². The molecule has 15 heavy (non-hydrogen) atoms. The maximum atomic E-state index is 4.15. The van der Waals surface area contributed by atoms with Crippen LogP contribution in [0.3, 0.4) is 0 Å². The molecule has 0 amide bonds. The zero-order chi connectivity index (χ0) is 10.5. The van der Waals surface area contributed by atoms with E-state index in [9.17, 15) is 0 Å². The Morgan fingerprint density at radius 2 is 2.07 bits per heavy atom. The number of fused-ring (bicyclic) bond motifs is 1. The molecule has 0 saturated heterocycles. The lowest BCUT2D eigenvalue weighted by Crippen LogP contribution is -2.17. The van der Waals surface area contributed by atoms with Gasteiger partial charge in [0.05, 0.1) is 11.4 Å². The molecule has 1 saturated carbocycles. The highest BCUT2D eigenvalue weighted by atomic mass is 79.9. The van der Waals surface area contributed by atoms with Gasteiger partial charge in [0.2, 0.25) is 0 Å². The zero-order valence-electron chi connectivity index (χ0n) is 8.44. The van der Waals surface area contributed by atoms with Gasteiger partial charge in [0.25, 0.3) is 0 Å². The second-order valence-corrected chi connectivity index (χ2v) is 5.34. The summed E-state index contributed by atoms with van der Waals surface area (Å²) in [5, 5.41) is 6.92. The summed E-state index contributed by atoms with van der Waals surface area (Å²) in [4.78, 5) is 0. The maximum Gasteiger partial charge on any atom is 0.0618 e. The van der Waals surface area contributed by atoms with Crippen molar-refractivity contribution >= 4 is 27.3 Å². The number of hydrogen-bond acceptors (Lipinski definition) is 2. The summed E-state index contributed by atoms with van der Waals surface area (Å²) in [5.41, 5.74) is 3.77. The monoisotopic (exact) mass is 264 g/mol. The first-order valence-electron chi connectivity index (χ1n) is 5.19. The van der Waals surface area contributed by atoms with Crippen LogP contribution in [0.4, 0.5) is 11.4 Å². The van der Waals surface area contributed by atoms with Crippen molar-refractivity contribution in [2.45, 2.75) is 12.8 Å². The molecule has 1 aromatic carbocycles. The third-order valence-electron chi connectivity index (χ3n) is 3.38. The fraction of sp³-hybridized carbons (Fsp3) is 0.333. The summed E-state index contributed by atoms with van der Waals surface area (Å²) in [5.74, 6) is 0. The van der Waals surface area contributed by atoms with E-state index >= 15 is 0 Å². The summed E-state index contributed by atoms with van der Waals surface area (Å²) in [6.07, 6.45) is 2.50. The van der Waals surface area contributed by atoms with Crippen molar-refractivity contribution in [3.8, 4) is 0 Å². The van der Waals surface area contributed by atoms with E-state index in [0.717, 1.165) is 28.1 Å². The van der Waals surface area contributed by atoms with Crippen LogP contribution in [-0.2, 0) is 0 Å². The van der Waals surface area contributed by atoms with E-state index in [-0.39, 0.29) is 0 Å². The van der Waals surface area contributed by atoms with Gasteiger partial charge in [-0.25, -0.2) is 0 Å². The SMILES string of the molecule is C=C1Nc2ccc(Br)cc2NCC12CC2. The van der Waals surface area contributed by atoms with Crippen molar-refractivity contribution in [3.05, 3.63) is 34.9 Å². The lowest BCUT2D eigenvalue weighted by atomic mass is 10.0. The highest BCUT2D eigenvalue weighted by Crippen LogP contribution is 2.53. The van der Waals surface area contributed by atoms with Gasteiger partial charge in [-0.05, 0) is 31.0 Å². The molecular weight excluding hydrogens is 252 g/mol. The average molecular weight is 265 g/mol. The third-order valence-corrected chi connectivity index (χ3v) is 3.87. The molecule has 2 N–H and O–H groups in total. The maximum absolute atomic E-state index is 4.15. The van der Waals surface area contributed by atoms with E-state index in [0.29, 0.717) is 5.41 Å². The van der Waals surface area contributed by atoms with Crippen molar-refractivity contribution < 1.29 is 0 Å². The lowest BCUT2D eigenvalue weighted by Gasteiger charge is -2.14. The van der Waals surface area contributed by atoms with Crippen molar-refractivity contribution in [1.82, 2.24) is 0 Å². The predicted octanol–water partition coefficient (Wildman–Crippen LogP) is 3.58. The van der Waals surface area contributed by atoms with Crippen molar-refractivity contribution in [3.63, 3.8) is 0 Å². The molecule has 3 rings (SSSR count). The molecule has 1 aliphatic heterocycles. The van der Waals surface area contributed by atoms with Crippen LogP contribution in [0, 0.1) is 5.41 Å². The van der Waals surface area contributed by atoms with Gasteiger partial charge in [-0.3, -0.25) is 0 Å². The molecule has 2 nitrogen and oxygen atoms in total. The predicted molar refractivity (Wildman–Crippen MR) is 67.1 cm³/mol. The number of nitrogens with one attached hydrogen (secondary N) is 2. The Hall–Kier alpha value is -0.960. The molecule has 0 atom stereocenters. The van der Waals surface area contributed by atoms with E-state index in [2.05, 4.69) is 45.3 Å². The Kier molecular flexibility index (Phi) is 1.87. The minimum atomic E-state index is 0.311. The molecule has 1 heterocycles. The first-order valence-corrected chi connectivity index (χ1v) is 5.99. The minimum Gasteiger partial charge on any atom is -0.382 e. The minimum absolute atomic E-state index is 0.311. The molecule has 3 heteroatoms. The second-order valence-electron chi connectivity index (χ2n) is 4.43. The fourth-order valence-corrected chi connectivity index (χ4v) is 2.43. The zero-order valence-corrected chi connectivity index (χ0v) is 10.0. The smallest absolute Gasteiger partial charge is 0.0618 e. The summed E-state index contributed by atoms with van der Waals surface area (Å²) < 4.78 is 1.10. The molecular formula is C12H13BrN2. The van der Waals surface area contributed by atoms with Crippen molar-refractivity contribution in [2.75, 3.05) is 17.2 Å². The molecule has 1 fully saturated rings. The van der Waals surface area contributed by atoms with E-state index in [1.807, 2.05) is 6.07 Å². The van der Waals surface area contributed by atoms with Crippen LogP contribution in [-0.4, -0.2) is 6.54 Å². The number of anilines is 2. The number of benzene rings is 1. The average Bonchev–Trinajstić information content (AvgIpc) is 3.00. The van der Waals surface area contributed by atoms with E-state index in [1.54, 1.807) is 0 Å². The van der Waals surface area contributed by atoms with Gasteiger partial charge in [0.15, 0.2) is 0 Å². The van der Waals surface area contributed by atoms with Crippen LogP contribution in [0.25, 0.3) is 0 Å². The van der Waals surface area contributed by atoms with Gasteiger partial charge in [-0.2, -0.15) is 0 Å². The molecule has 0 aromatic heterocycles. The van der Waals surface area contributed by atoms with Crippen LogP contribution in [0.15, 0.2) is 34.9 Å². The first kappa shape index (κ1) is 9.28. The van der Waals surface area contributed by atoms with Gasteiger partial charge in [-0.1, -0.05) is 22.5 Å². The second kappa shape index (κ2) is 3.01. The Morgan fingerprint density at radius 3 is 2.80 bits per heavy atom. The Balaban J connectivity index is 2.00. The molecule has 1 spiro atoms. The quantitative estimate of drug-likeness (QED) is 0.749. The van der Waals surface area contributed by atoms with Crippen LogP contribution in [0.2, 0.25) is 0 Å². The van der Waals surface area contributed by atoms with Crippen molar-refractivity contribution in [2.24, 2.45) is 5.41 Å². The van der Waals surface area contributed by atoms with E-state index in [1.165, 1.54) is 12.8 Å². The number of rotatable bonds is 0. The summed E-state index contributed by atoms with van der Waals surface area (Å²) >= 11 is 3.48. The van der Waals surface area contributed by atoms with Crippen LogP contribution in [0.5, 0.6) is 0 Å². The number of hydrogen-bond donors (Lipinski definition) is 2. The molecule has 0 bridgehead atoms. The normalized spacial score (nSPS) is 21.3. The van der Waals surface area contributed by atoms with Gasteiger partial charge in [0, 0.05) is 22.1 Å². The molecule has 1 aromatic rings. The molecule has 1 aliphatic carbocycles. The third kappa shape index (κ3) is 1.46. The van der Waals surface area contributed by atoms with Crippen molar-refractivity contribution in [1.29, 1.82) is 0 Å². The Bertz CT molecular complexity index is 435. The molecule has 78 valence electrons. The lowest BCUT2D eigenvalue weighted by molar-refractivity contribution is 0.658. The fourth-order valence-electron chi connectivity index (χ4n) is 2.07. The molecule has 0 radical (unpaired) electrons.